The van der Waals surface area contributed by atoms with E-state index in [4.69, 9.17) is 9.47 Å². The number of nitro groups is 1. The van der Waals surface area contributed by atoms with E-state index in [2.05, 4.69) is 0 Å². The maximum Gasteiger partial charge on any atom is 0.414 e. The summed E-state index contributed by atoms with van der Waals surface area (Å²) < 4.78 is 27.1. The molecule has 2 fully saturated rings. The number of non-ortho nitro benzene ring substituents is 1. The summed E-state index contributed by atoms with van der Waals surface area (Å²) in [6.45, 7) is 5.47. The lowest BCUT2D eigenvalue weighted by Gasteiger charge is -2.31. The molecule has 1 N–H and O–H groups in total. The number of hydrogen-bond donors (Lipinski definition) is 1. The van der Waals surface area contributed by atoms with Crippen LogP contribution in [0, 0.1) is 16.0 Å². The second kappa shape index (κ2) is 9.44. The van der Waals surface area contributed by atoms with Gasteiger partial charge in [-0.25, -0.2) is 4.79 Å². The third-order valence-corrected chi connectivity index (χ3v) is 10.3. The molecule has 0 radical (unpaired) electrons. The predicted molar refractivity (Wildman–Crippen MR) is 139 cm³/mol. The molecule has 38 heavy (non-hydrogen) atoms. The molecule has 0 unspecified atom stereocenters. The molecule has 2 aromatic rings. The number of fused-ring (bicyclic) bond motifs is 2. The molecule has 3 aliphatic heterocycles. The number of nitrogens with zero attached hydrogens (tertiary/aromatic N) is 3. The van der Waals surface area contributed by atoms with E-state index in [0.29, 0.717) is 30.1 Å². The Labute approximate surface area is 220 Å². The van der Waals surface area contributed by atoms with Crippen molar-refractivity contribution < 1.29 is 33.2 Å². The molecule has 12 heteroatoms. The zero-order valence-corrected chi connectivity index (χ0v) is 22.4. The Balaban J connectivity index is 1.58. The van der Waals surface area contributed by atoms with Crippen LogP contribution in [0.2, 0.25) is 18.6 Å². The number of carbonyl (C=O) groups excluding carboxylic acids is 2. The van der Waals surface area contributed by atoms with Crippen LogP contribution in [0.3, 0.4) is 0 Å². The highest BCUT2D eigenvalue weighted by Gasteiger charge is 2.66. The number of hydrogen-bond acceptors (Lipinski definition) is 7. The van der Waals surface area contributed by atoms with E-state index in [1.807, 2.05) is 6.07 Å². The van der Waals surface area contributed by atoms with E-state index < -0.39 is 48.5 Å². The van der Waals surface area contributed by atoms with Crippen LogP contribution in [0.5, 0.6) is 0 Å². The van der Waals surface area contributed by atoms with E-state index in [-0.39, 0.29) is 25.3 Å². The third kappa shape index (κ3) is 4.07. The SMILES string of the molecule is C[C@H]1[C@H]([Si](C)(C)F)[C@@H](CCO)O[C@]12C(=O)N(Cc1cccc(N3CCOC3=O)c1)c1ccc([N+](=O)[O-])cc12. The maximum absolute atomic E-state index is 15.6. The van der Waals surface area contributed by atoms with Gasteiger partial charge in [-0.15, -0.1) is 0 Å². The van der Waals surface area contributed by atoms with E-state index in [9.17, 15) is 24.8 Å². The van der Waals surface area contributed by atoms with Crippen molar-refractivity contribution in [1.82, 2.24) is 0 Å². The first kappa shape index (κ1) is 26.3. The molecule has 202 valence electrons. The van der Waals surface area contributed by atoms with Crippen molar-refractivity contribution in [2.24, 2.45) is 5.92 Å². The van der Waals surface area contributed by atoms with Gasteiger partial charge in [-0.05, 0) is 43.3 Å². The van der Waals surface area contributed by atoms with Gasteiger partial charge >= 0.3 is 6.09 Å². The van der Waals surface area contributed by atoms with Gasteiger partial charge in [0.1, 0.15) is 6.61 Å². The summed E-state index contributed by atoms with van der Waals surface area (Å²) >= 11 is 0. The first-order valence-electron chi connectivity index (χ1n) is 12.6. The Morgan fingerprint density at radius 3 is 2.63 bits per heavy atom. The molecule has 0 saturated carbocycles. The highest BCUT2D eigenvalue weighted by atomic mass is 28.4. The van der Waals surface area contributed by atoms with Crippen molar-refractivity contribution in [2.45, 2.75) is 50.2 Å². The minimum atomic E-state index is -3.38. The Bertz CT molecular complexity index is 1300. The fourth-order valence-corrected chi connectivity index (χ4v) is 8.88. The van der Waals surface area contributed by atoms with Gasteiger partial charge < -0.3 is 23.6 Å². The standard InChI is InChI=1S/C26H30FN3O7Si/c1-16-23(38(2,3)27)22(9-11-31)37-26(16)20-14-19(30(34)35)7-8-21(20)29(24(26)32)15-17-5-4-6-18(13-17)28-10-12-36-25(28)33/h4-8,13-14,16,22-23,31H,9-12,15H2,1-3H3/t16-,22+,23-,26+/m0/s1. The third-order valence-electron chi connectivity index (χ3n) is 7.89. The van der Waals surface area contributed by atoms with Crippen LogP contribution in [0.15, 0.2) is 42.5 Å². The van der Waals surface area contributed by atoms with Gasteiger partial charge in [0.25, 0.3) is 11.6 Å². The molecule has 2 aromatic carbocycles. The summed E-state index contributed by atoms with van der Waals surface area (Å²) in [4.78, 5) is 40.5. The number of aliphatic hydroxyl groups excluding tert-OH is 1. The van der Waals surface area contributed by atoms with Gasteiger partial charge in [-0.1, -0.05) is 19.1 Å². The van der Waals surface area contributed by atoms with Crippen LogP contribution < -0.4 is 9.80 Å². The van der Waals surface area contributed by atoms with Gasteiger partial charge in [0.15, 0.2) is 5.60 Å². The molecule has 10 nitrogen and oxygen atoms in total. The van der Waals surface area contributed by atoms with E-state index in [1.165, 1.54) is 28.0 Å². The molecule has 3 heterocycles. The molecule has 2 amide bonds. The Hall–Kier alpha value is -3.35. The fourth-order valence-electron chi connectivity index (χ4n) is 6.34. The maximum atomic E-state index is 15.6. The minimum Gasteiger partial charge on any atom is -0.447 e. The van der Waals surface area contributed by atoms with Crippen molar-refractivity contribution in [3.05, 3.63) is 63.7 Å². The van der Waals surface area contributed by atoms with Crippen molar-refractivity contribution in [1.29, 1.82) is 0 Å². The van der Waals surface area contributed by atoms with E-state index in [1.54, 1.807) is 38.2 Å². The van der Waals surface area contributed by atoms with Crippen LogP contribution in [0.1, 0.15) is 24.5 Å². The number of rotatable bonds is 7. The number of halogens is 1. The van der Waals surface area contributed by atoms with Crippen LogP contribution in [-0.4, -0.2) is 56.3 Å². The van der Waals surface area contributed by atoms with E-state index >= 15 is 4.11 Å². The number of ether oxygens (including phenoxy) is 2. The van der Waals surface area contributed by atoms with Crippen LogP contribution in [-0.2, 0) is 26.4 Å². The second-order valence-corrected chi connectivity index (χ2v) is 14.4. The largest absolute Gasteiger partial charge is 0.447 e. The molecule has 2 saturated heterocycles. The van der Waals surface area contributed by atoms with Gasteiger partial charge in [0, 0.05) is 41.4 Å². The second-order valence-electron chi connectivity index (χ2n) is 10.6. The number of aliphatic hydroxyl groups is 1. The van der Waals surface area contributed by atoms with Gasteiger partial charge in [-0.2, -0.15) is 0 Å². The zero-order chi connectivity index (χ0) is 27.4. The lowest BCUT2D eigenvalue weighted by molar-refractivity contribution is -0.385. The average molecular weight is 544 g/mol. The van der Waals surface area contributed by atoms with E-state index in [0.717, 1.165) is 5.56 Å². The summed E-state index contributed by atoms with van der Waals surface area (Å²) in [5.41, 5.74) is -0.247. The Morgan fingerprint density at radius 2 is 2.00 bits per heavy atom. The molecule has 0 aromatic heterocycles. The zero-order valence-electron chi connectivity index (χ0n) is 21.4. The molecular formula is C26H30FN3O7Si. The van der Waals surface area contributed by atoms with Crippen molar-refractivity contribution >= 4 is 37.5 Å². The molecule has 0 bridgehead atoms. The Kier molecular flexibility index (Phi) is 6.52. The molecule has 1 spiro atoms. The summed E-state index contributed by atoms with van der Waals surface area (Å²) in [6, 6.07) is 11.4. The lowest BCUT2D eigenvalue weighted by atomic mass is 9.82. The molecule has 5 rings (SSSR count). The summed E-state index contributed by atoms with van der Waals surface area (Å²) in [6.07, 6.45) is -0.992. The molecule has 4 atom stereocenters. The topological polar surface area (TPSA) is 122 Å². The quantitative estimate of drug-likeness (QED) is 0.240. The van der Waals surface area contributed by atoms with Crippen LogP contribution >= 0.6 is 0 Å². The molecular weight excluding hydrogens is 513 g/mol. The first-order valence-corrected chi connectivity index (χ1v) is 15.6. The normalized spacial score (nSPS) is 26.8. The predicted octanol–water partition coefficient (Wildman–Crippen LogP) is 4.26. The van der Waals surface area contributed by atoms with Gasteiger partial charge in [0.05, 0.1) is 29.8 Å². The fraction of sp³-hybridized carbons (Fsp3) is 0.462. The first-order chi connectivity index (χ1) is 18.0. The van der Waals surface area contributed by atoms with Crippen molar-refractivity contribution in [3.8, 4) is 0 Å². The number of cyclic esters (lactones) is 1. The van der Waals surface area contributed by atoms with Gasteiger partial charge in [0.2, 0.25) is 8.41 Å². The number of anilines is 2. The monoisotopic (exact) mass is 543 g/mol. The highest BCUT2D eigenvalue weighted by Crippen LogP contribution is 2.60. The number of carbonyl (C=O) groups is 2. The van der Waals surface area contributed by atoms with Crippen molar-refractivity contribution in [3.63, 3.8) is 0 Å². The van der Waals surface area contributed by atoms with Gasteiger partial charge in [-0.3, -0.25) is 19.8 Å². The van der Waals surface area contributed by atoms with Crippen LogP contribution in [0.25, 0.3) is 0 Å². The summed E-state index contributed by atoms with van der Waals surface area (Å²) in [5, 5.41) is 21.3. The number of nitro benzene ring substituents is 1. The smallest absolute Gasteiger partial charge is 0.414 e. The molecule has 3 aliphatic rings. The highest BCUT2D eigenvalue weighted by molar-refractivity contribution is 6.72. The number of benzene rings is 2. The average Bonchev–Trinajstić information content (AvgIpc) is 3.49. The molecule has 0 aliphatic carbocycles. The summed E-state index contributed by atoms with van der Waals surface area (Å²) in [7, 11) is -3.38. The summed E-state index contributed by atoms with van der Waals surface area (Å²) in [5.74, 6) is -1.04. The minimum absolute atomic E-state index is 0.115. The van der Waals surface area contributed by atoms with Crippen molar-refractivity contribution in [2.75, 3.05) is 29.6 Å². The van der Waals surface area contributed by atoms with Crippen LogP contribution in [0.4, 0.5) is 26.0 Å². The number of amides is 2. The Morgan fingerprint density at radius 1 is 1.24 bits per heavy atom. The lowest BCUT2D eigenvalue weighted by Crippen LogP contribution is -2.45.